The van der Waals surface area contributed by atoms with Gasteiger partial charge in [-0.2, -0.15) is 12.6 Å². The largest absolute Gasteiger partial charge is 0.480 e. The Balaban J connectivity index is 0. The molecule has 3 nitrogen and oxygen atoms in total. The zero-order valence-electron chi connectivity index (χ0n) is 3.66. The maximum absolute atomic E-state index is 9.76. The van der Waals surface area contributed by atoms with Gasteiger partial charge in [-0.05, 0) is 0 Å². The van der Waals surface area contributed by atoms with E-state index in [0.717, 1.165) is 0 Å². The molecule has 1 unspecified atom stereocenters. The Hall–Kier alpha value is -0.220. The summed E-state index contributed by atoms with van der Waals surface area (Å²) >= 11 is 3.65. The first-order valence-corrected chi connectivity index (χ1v) is 2.41. The highest BCUT2D eigenvalue weighted by Crippen LogP contribution is 1.80. The molecule has 0 aliphatic rings. The smallest absolute Gasteiger partial charge is 0.321 e. The fourth-order valence-corrected chi connectivity index (χ4v) is 0.234. The van der Waals surface area contributed by atoms with Gasteiger partial charge < -0.3 is 10.8 Å². The number of thiol groups is 1. The maximum Gasteiger partial charge on any atom is 0.321 e. The number of carboxylic acid groups (broad SMARTS) is 1. The van der Waals surface area contributed by atoms with E-state index < -0.39 is 12.0 Å². The highest BCUT2D eigenvalue weighted by atomic mass is 32.1. The predicted octanol–water partition coefficient (Wildman–Crippen LogP) is -0.0358. The molecule has 0 saturated heterocycles. The molecule has 0 aromatic rings. The zero-order valence-corrected chi connectivity index (χ0v) is 4.56. The summed E-state index contributed by atoms with van der Waals surface area (Å²) in [6.45, 7) is 0. The summed E-state index contributed by atoms with van der Waals surface area (Å²) in [5.41, 5.74) is 4.94. The normalized spacial score (nSPS) is 11.8. The third kappa shape index (κ3) is 3.95. The van der Waals surface area contributed by atoms with Crippen LogP contribution in [-0.2, 0) is 4.79 Å². The lowest BCUT2D eigenvalue weighted by molar-refractivity contribution is -0.137. The Bertz CT molecular complexity index is 76.4. The van der Waals surface area contributed by atoms with Crippen molar-refractivity contribution >= 4 is 18.6 Å². The fourth-order valence-electron chi connectivity index (χ4n) is 0.0781. The van der Waals surface area contributed by atoms with E-state index >= 15 is 0 Å². The van der Waals surface area contributed by atoms with Gasteiger partial charge in [-0.1, -0.05) is 7.43 Å². The van der Waals surface area contributed by atoms with Crippen LogP contribution in [0.15, 0.2) is 0 Å². The molecule has 1 atom stereocenters. The van der Waals surface area contributed by atoms with Crippen LogP contribution in [0, 0.1) is 0 Å². The van der Waals surface area contributed by atoms with Gasteiger partial charge in [-0.25, -0.2) is 0 Å². The second-order valence-electron chi connectivity index (χ2n) is 1.13. The first-order valence-electron chi connectivity index (χ1n) is 1.77. The molecule has 0 heterocycles. The zero-order chi connectivity index (χ0) is 5.86. The van der Waals surface area contributed by atoms with Gasteiger partial charge in [-0.3, -0.25) is 4.79 Å². The third-order valence-corrected chi connectivity index (χ3v) is 0.907. The lowest BCUT2D eigenvalue weighted by atomic mass is 10.4. The lowest BCUT2D eigenvalue weighted by Gasteiger charge is -1.96. The van der Waals surface area contributed by atoms with Crippen LogP contribution in [0.4, 0.5) is 0 Å². The summed E-state index contributed by atoms with van der Waals surface area (Å²) in [5.74, 6) is -0.815. The number of aliphatic carboxylic acids is 1. The van der Waals surface area contributed by atoms with E-state index in [1.807, 2.05) is 0 Å². The SMILES string of the molecule is C.NC(CS)C(=O)O. The van der Waals surface area contributed by atoms with E-state index in [2.05, 4.69) is 12.6 Å². The fraction of sp³-hybridized carbons (Fsp3) is 0.750. The van der Waals surface area contributed by atoms with Crippen molar-refractivity contribution in [2.75, 3.05) is 5.75 Å². The summed E-state index contributed by atoms with van der Waals surface area (Å²) in [6.07, 6.45) is 0. The van der Waals surface area contributed by atoms with Crippen molar-refractivity contribution in [1.82, 2.24) is 0 Å². The van der Waals surface area contributed by atoms with Crippen LogP contribution >= 0.6 is 12.6 Å². The van der Waals surface area contributed by atoms with Crippen molar-refractivity contribution in [2.45, 2.75) is 13.5 Å². The highest BCUT2D eigenvalue weighted by molar-refractivity contribution is 7.80. The quantitative estimate of drug-likeness (QED) is 0.468. The molecule has 8 heavy (non-hydrogen) atoms. The van der Waals surface area contributed by atoms with Gasteiger partial charge >= 0.3 is 5.97 Å². The average Bonchev–Trinajstić information content (AvgIpc) is 1.65. The second kappa shape index (κ2) is 4.93. The van der Waals surface area contributed by atoms with Gasteiger partial charge in [0, 0.05) is 5.75 Å². The molecule has 0 aromatic heterocycles. The van der Waals surface area contributed by atoms with Gasteiger partial charge in [0.05, 0.1) is 0 Å². The molecule has 0 amide bonds. The van der Waals surface area contributed by atoms with Crippen LogP contribution in [0.3, 0.4) is 0 Å². The first kappa shape index (κ1) is 10.7. The van der Waals surface area contributed by atoms with Crippen LogP contribution in [0.2, 0.25) is 0 Å². The summed E-state index contributed by atoms with van der Waals surface area (Å²) in [7, 11) is 0. The molecule has 0 spiro atoms. The molecule has 0 radical (unpaired) electrons. The van der Waals surface area contributed by atoms with Gasteiger partial charge in [0.1, 0.15) is 6.04 Å². The van der Waals surface area contributed by atoms with E-state index in [1.165, 1.54) is 0 Å². The molecule has 0 saturated carbocycles. The topological polar surface area (TPSA) is 63.3 Å². The number of hydrogen-bond acceptors (Lipinski definition) is 3. The van der Waals surface area contributed by atoms with E-state index in [9.17, 15) is 4.79 Å². The summed E-state index contributed by atoms with van der Waals surface area (Å²) in [4.78, 5) is 9.76. The van der Waals surface area contributed by atoms with Crippen molar-refractivity contribution in [1.29, 1.82) is 0 Å². The predicted molar refractivity (Wildman–Crippen MR) is 36.2 cm³/mol. The molecule has 0 aliphatic heterocycles. The van der Waals surface area contributed by atoms with E-state index in [0.29, 0.717) is 0 Å². The lowest BCUT2D eigenvalue weighted by Crippen LogP contribution is -2.31. The highest BCUT2D eigenvalue weighted by Gasteiger charge is 2.06. The summed E-state index contributed by atoms with van der Waals surface area (Å²) < 4.78 is 0. The number of carboxylic acids is 1. The minimum absolute atomic E-state index is 0. The molecule has 0 bridgehead atoms. The minimum Gasteiger partial charge on any atom is -0.480 e. The summed E-state index contributed by atoms with van der Waals surface area (Å²) in [6, 6.07) is -0.816. The number of nitrogens with two attached hydrogens (primary N) is 1. The molecular formula is C4H11NO2S. The Morgan fingerprint density at radius 2 is 2.25 bits per heavy atom. The van der Waals surface area contributed by atoms with E-state index in [-0.39, 0.29) is 13.2 Å². The Morgan fingerprint density at radius 3 is 2.25 bits per heavy atom. The Morgan fingerprint density at radius 1 is 1.88 bits per heavy atom. The molecule has 0 rings (SSSR count). The number of carbonyl (C=O) groups is 1. The third-order valence-electron chi connectivity index (χ3n) is 0.514. The van der Waals surface area contributed by atoms with Crippen molar-refractivity contribution < 1.29 is 9.90 Å². The monoisotopic (exact) mass is 137 g/mol. The molecule has 3 N–H and O–H groups in total. The maximum atomic E-state index is 9.76. The first-order chi connectivity index (χ1) is 3.18. The van der Waals surface area contributed by atoms with Crippen LogP contribution in [0.25, 0.3) is 0 Å². The van der Waals surface area contributed by atoms with Crippen LogP contribution in [0.1, 0.15) is 7.43 Å². The summed E-state index contributed by atoms with van der Waals surface area (Å²) in [5, 5.41) is 8.01. The second-order valence-corrected chi connectivity index (χ2v) is 1.49. The van der Waals surface area contributed by atoms with Gasteiger partial charge in [-0.15, -0.1) is 0 Å². The molecule has 0 aliphatic carbocycles. The van der Waals surface area contributed by atoms with Gasteiger partial charge in [0.2, 0.25) is 0 Å². The molecule has 50 valence electrons. The molecular weight excluding hydrogens is 126 g/mol. The van der Waals surface area contributed by atoms with Crippen LogP contribution in [-0.4, -0.2) is 22.9 Å². The Labute approximate surface area is 54.3 Å². The molecule has 0 aromatic carbocycles. The van der Waals surface area contributed by atoms with Gasteiger partial charge in [0.15, 0.2) is 0 Å². The van der Waals surface area contributed by atoms with Crippen molar-refractivity contribution in [3.05, 3.63) is 0 Å². The van der Waals surface area contributed by atoms with Crippen molar-refractivity contribution in [2.24, 2.45) is 5.73 Å². The van der Waals surface area contributed by atoms with Crippen LogP contribution < -0.4 is 5.73 Å². The van der Waals surface area contributed by atoms with E-state index in [4.69, 9.17) is 10.8 Å². The van der Waals surface area contributed by atoms with Gasteiger partial charge in [0.25, 0.3) is 0 Å². The molecule has 4 heteroatoms. The van der Waals surface area contributed by atoms with Crippen molar-refractivity contribution in [3.8, 4) is 0 Å². The standard InChI is InChI=1S/C3H7NO2S.CH4/c4-2(1-7)3(5)6;/h2,7H,1,4H2,(H,5,6);1H4. The number of hydrogen-bond donors (Lipinski definition) is 3. The average molecular weight is 137 g/mol. The van der Waals surface area contributed by atoms with Crippen LogP contribution in [0.5, 0.6) is 0 Å². The minimum atomic E-state index is -1.00. The Kier molecular flexibility index (Phi) is 6.59. The molecule has 0 fully saturated rings. The number of rotatable bonds is 2. The van der Waals surface area contributed by atoms with Crippen molar-refractivity contribution in [3.63, 3.8) is 0 Å². The van der Waals surface area contributed by atoms with E-state index in [1.54, 1.807) is 0 Å².